The first-order chi connectivity index (χ1) is 14.9. The van der Waals surface area contributed by atoms with E-state index in [9.17, 15) is 14.9 Å². The Morgan fingerprint density at radius 1 is 1.29 bits per heavy atom. The first-order valence-electron chi connectivity index (χ1n) is 9.18. The molecule has 6 nitrogen and oxygen atoms in total. The molecule has 0 aliphatic rings. The molecule has 3 aromatic rings. The van der Waals surface area contributed by atoms with Crippen LogP contribution in [0.2, 0.25) is 5.02 Å². The number of halogens is 1. The van der Waals surface area contributed by atoms with E-state index in [1.54, 1.807) is 55.6 Å². The number of H-pyrrole nitrogens is 1. The van der Waals surface area contributed by atoms with E-state index < -0.39 is 11.3 Å². The van der Waals surface area contributed by atoms with Gasteiger partial charge in [0.25, 0.3) is 5.56 Å². The Kier molecular flexibility index (Phi) is 6.71. The van der Waals surface area contributed by atoms with Gasteiger partial charge >= 0.3 is 0 Å². The number of ketones is 1. The lowest BCUT2D eigenvalue weighted by Gasteiger charge is -2.12. The largest absolute Gasteiger partial charge is 0.321 e. The van der Waals surface area contributed by atoms with Gasteiger partial charge in [0.1, 0.15) is 6.07 Å². The number of carbonyl (C=O) groups excluding carboxylic acids is 1. The monoisotopic (exact) mass is 428 g/mol. The molecule has 0 fully saturated rings. The van der Waals surface area contributed by atoms with E-state index in [1.807, 2.05) is 6.07 Å². The minimum Gasteiger partial charge on any atom is -0.321 e. The quantitative estimate of drug-likeness (QED) is 0.197. The maximum atomic E-state index is 13.1. The first kappa shape index (κ1) is 21.6. The van der Waals surface area contributed by atoms with E-state index in [2.05, 4.69) is 21.7 Å². The van der Waals surface area contributed by atoms with Gasteiger partial charge in [-0.25, -0.2) is 0 Å². The molecule has 31 heavy (non-hydrogen) atoms. The highest BCUT2D eigenvalue weighted by atomic mass is 35.5. The molecule has 3 rings (SSSR count). The lowest BCUT2D eigenvalue weighted by Crippen LogP contribution is -2.19. The number of fused-ring (bicyclic) bond motifs is 1. The van der Waals surface area contributed by atoms with Crippen molar-refractivity contribution in [3.8, 4) is 6.07 Å². The van der Waals surface area contributed by atoms with Crippen molar-refractivity contribution in [1.29, 1.82) is 5.26 Å². The summed E-state index contributed by atoms with van der Waals surface area (Å²) in [4.78, 5) is 36.4. The van der Waals surface area contributed by atoms with Gasteiger partial charge < -0.3 is 4.98 Å². The molecule has 0 amide bonds. The highest BCUT2D eigenvalue weighted by Gasteiger charge is 2.19. The second-order valence-corrected chi connectivity index (χ2v) is 6.99. The predicted octanol–water partition coefficient (Wildman–Crippen LogP) is 4.98. The number of rotatable bonds is 6. The first-order valence-corrected chi connectivity index (χ1v) is 9.56. The number of allylic oxidation sites excluding steroid dienone is 4. The van der Waals surface area contributed by atoms with Gasteiger partial charge in [-0.1, -0.05) is 17.7 Å². The third-order valence-electron chi connectivity index (χ3n) is 4.44. The normalized spacial score (nSPS) is 12.2. The molecule has 1 aromatic carbocycles. The summed E-state index contributed by atoms with van der Waals surface area (Å²) >= 11 is 6.19. The van der Waals surface area contributed by atoms with E-state index in [1.165, 1.54) is 18.4 Å². The second kappa shape index (κ2) is 9.61. The van der Waals surface area contributed by atoms with Crippen molar-refractivity contribution in [1.82, 2.24) is 9.97 Å². The number of hydrogen-bond acceptors (Lipinski definition) is 5. The number of carbonyl (C=O) groups is 1. The summed E-state index contributed by atoms with van der Waals surface area (Å²) < 4.78 is 0. The van der Waals surface area contributed by atoms with E-state index in [4.69, 9.17) is 11.6 Å². The zero-order valence-corrected chi connectivity index (χ0v) is 17.3. The Labute approximate surface area is 183 Å². The number of nitriles is 1. The van der Waals surface area contributed by atoms with Crippen molar-refractivity contribution in [3.05, 3.63) is 98.7 Å². The van der Waals surface area contributed by atoms with E-state index in [0.717, 1.165) is 0 Å². The average Bonchev–Trinajstić information content (AvgIpc) is 2.77. The molecular formula is C24H17ClN4O2. The summed E-state index contributed by atoms with van der Waals surface area (Å²) in [5, 5.41) is 10.4. The van der Waals surface area contributed by atoms with Crippen LogP contribution in [0.5, 0.6) is 0 Å². The van der Waals surface area contributed by atoms with Gasteiger partial charge in [-0.2, -0.15) is 5.26 Å². The molecule has 0 aliphatic carbocycles. The van der Waals surface area contributed by atoms with E-state index >= 15 is 0 Å². The predicted molar refractivity (Wildman–Crippen MR) is 124 cm³/mol. The second-order valence-electron chi connectivity index (χ2n) is 6.55. The molecule has 0 saturated heterocycles. The zero-order chi connectivity index (χ0) is 22.4. The topological polar surface area (TPSA) is 99.0 Å². The lowest BCUT2D eigenvalue weighted by atomic mass is 9.93. The molecule has 152 valence electrons. The van der Waals surface area contributed by atoms with Crippen molar-refractivity contribution < 1.29 is 4.79 Å². The maximum absolute atomic E-state index is 13.1. The highest BCUT2D eigenvalue weighted by Crippen LogP contribution is 2.29. The van der Waals surface area contributed by atoms with Crippen LogP contribution in [0.25, 0.3) is 22.6 Å². The lowest BCUT2D eigenvalue weighted by molar-refractivity contribution is 0.104. The minimum atomic E-state index is -0.544. The van der Waals surface area contributed by atoms with E-state index in [-0.39, 0.29) is 11.1 Å². The fraction of sp³-hybridized carbons (Fsp3) is 0.0417. The smallest absolute Gasteiger partial charge is 0.260 e. The summed E-state index contributed by atoms with van der Waals surface area (Å²) in [6, 6.07) is 12.3. The number of benzene rings is 1. The number of hydrogen-bond donors (Lipinski definition) is 1. The molecule has 0 bridgehead atoms. The van der Waals surface area contributed by atoms with Crippen LogP contribution >= 0.6 is 11.6 Å². The van der Waals surface area contributed by atoms with Gasteiger partial charge in [-0.05, 0) is 67.8 Å². The van der Waals surface area contributed by atoms with Crippen molar-refractivity contribution in [2.45, 2.75) is 6.92 Å². The van der Waals surface area contributed by atoms with Crippen LogP contribution in [0.4, 0.5) is 0 Å². The van der Waals surface area contributed by atoms with Crippen molar-refractivity contribution in [2.24, 2.45) is 4.99 Å². The molecule has 0 saturated carbocycles. The number of nitrogens with zero attached hydrogens (tertiary/aromatic N) is 3. The molecule has 7 heteroatoms. The van der Waals surface area contributed by atoms with Crippen LogP contribution in [-0.4, -0.2) is 22.5 Å². The Morgan fingerprint density at radius 2 is 2.10 bits per heavy atom. The van der Waals surface area contributed by atoms with Crippen LogP contribution < -0.4 is 5.56 Å². The zero-order valence-electron chi connectivity index (χ0n) is 16.6. The number of pyridine rings is 2. The summed E-state index contributed by atoms with van der Waals surface area (Å²) in [6.45, 7) is 5.07. The third-order valence-corrected chi connectivity index (χ3v) is 4.68. The van der Waals surface area contributed by atoms with Crippen LogP contribution in [0.1, 0.15) is 28.5 Å². The molecule has 0 aliphatic heterocycles. The molecule has 0 atom stereocenters. The standard InChI is InChI=1S/C24H17ClN4O2/c1-15(11-16(13-26)14-27-2)22-19-12-17(25)6-8-20(19)29-24(31)23(22)21(30)9-7-18-5-3-4-10-28-18/h3-12,14H,2H2,1H3,(H,29,31)/b9-7+,15-11+,16-14+. The fourth-order valence-corrected chi connectivity index (χ4v) is 3.30. The Morgan fingerprint density at radius 3 is 2.77 bits per heavy atom. The number of aliphatic imine (C=N–C) groups is 1. The SMILES string of the molecule is C=N/C=C(C#N)\C=C(/C)c1c(C(=O)/C=C/c2ccccn2)c(=O)[nH]c2ccc(Cl)cc12. The van der Waals surface area contributed by atoms with Crippen LogP contribution in [0.3, 0.4) is 0 Å². The van der Waals surface area contributed by atoms with Crippen molar-refractivity contribution in [3.63, 3.8) is 0 Å². The van der Waals surface area contributed by atoms with Crippen molar-refractivity contribution >= 4 is 46.7 Å². The summed E-state index contributed by atoms with van der Waals surface area (Å²) in [5.41, 5.74) is 1.65. The average molecular weight is 429 g/mol. The van der Waals surface area contributed by atoms with Gasteiger partial charge in [0.2, 0.25) is 0 Å². The molecule has 0 spiro atoms. The van der Waals surface area contributed by atoms with Crippen molar-refractivity contribution in [2.75, 3.05) is 0 Å². The van der Waals surface area contributed by atoms with E-state index in [0.29, 0.717) is 32.8 Å². The molecular weight excluding hydrogens is 412 g/mol. The maximum Gasteiger partial charge on any atom is 0.260 e. The summed E-state index contributed by atoms with van der Waals surface area (Å²) in [5.74, 6) is -0.499. The Hall–Kier alpha value is -4.08. The summed E-state index contributed by atoms with van der Waals surface area (Å²) in [7, 11) is 0. The third kappa shape index (κ3) is 4.92. The van der Waals surface area contributed by atoms with Gasteiger partial charge in [-0.3, -0.25) is 19.6 Å². The number of aromatic amines is 1. The minimum absolute atomic E-state index is 0.0560. The molecule has 0 radical (unpaired) electrons. The number of nitrogens with one attached hydrogen (secondary N) is 1. The highest BCUT2D eigenvalue weighted by molar-refractivity contribution is 6.31. The van der Waals surface area contributed by atoms with Gasteiger partial charge in [-0.15, -0.1) is 0 Å². The fourth-order valence-electron chi connectivity index (χ4n) is 3.13. The summed E-state index contributed by atoms with van der Waals surface area (Å²) in [6.07, 6.45) is 7.29. The van der Waals surface area contributed by atoms with Gasteiger partial charge in [0, 0.05) is 33.9 Å². The molecule has 2 aromatic heterocycles. The van der Waals surface area contributed by atoms with Crippen LogP contribution in [0.15, 0.2) is 76.3 Å². The molecule has 2 heterocycles. The van der Waals surface area contributed by atoms with Gasteiger partial charge in [0.15, 0.2) is 5.78 Å². The van der Waals surface area contributed by atoms with Crippen LogP contribution in [0, 0.1) is 11.3 Å². The molecule has 1 N–H and O–H groups in total. The Bertz CT molecular complexity index is 1360. The Balaban J connectivity index is 2.27. The van der Waals surface area contributed by atoms with Gasteiger partial charge in [0.05, 0.1) is 16.8 Å². The number of aromatic nitrogens is 2. The van der Waals surface area contributed by atoms with Crippen LogP contribution in [-0.2, 0) is 0 Å². The molecule has 0 unspecified atom stereocenters.